The summed E-state index contributed by atoms with van der Waals surface area (Å²) in [5.41, 5.74) is 2.01. The van der Waals surface area contributed by atoms with E-state index < -0.39 is 0 Å². The lowest BCUT2D eigenvalue weighted by atomic mass is 9.97. The Labute approximate surface area is 161 Å². The van der Waals surface area contributed by atoms with Crippen molar-refractivity contribution in [3.05, 3.63) is 90.0 Å². The molecule has 0 radical (unpaired) electrons. The van der Waals surface area contributed by atoms with Crippen molar-refractivity contribution in [2.45, 2.75) is 38.9 Å². The summed E-state index contributed by atoms with van der Waals surface area (Å²) in [5, 5.41) is 10.4. The molecule has 2 unspecified atom stereocenters. The molecular formula is C24H26O3. The zero-order valence-electron chi connectivity index (χ0n) is 15.8. The molecule has 0 saturated carbocycles. The molecular weight excluding hydrogens is 336 g/mol. The van der Waals surface area contributed by atoms with E-state index in [9.17, 15) is 5.11 Å². The van der Waals surface area contributed by atoms with Gasteiger partial charge in [0.25, 0.3) is 0 Å². The van der Waals surface area contributed by atoms with Crippen LogP contribution >= 0.6 is 0 Å². The molecule has 0 spiro atoms. The Hall–Kier alpha value is -2.94. The molecule has 0 aliphatic rings. The van der Waals surface area contributed by atoms with Crippen LogP contribution in [0.5, 0.6) is 17.2 Å². The molecule has 3 heteroatoms. The van der Waals surface area contributed by atoms with Crippen molar-refractivity contribution in [3.63, 3.8) is 0 Å². The third kappa shape index (κ3) is 5.52. The monoisotopic (exact) mass is 362 g/mol. The molecule has 3 aromatic rings. The Bertz CT molecular complexity index is 831. The van der Waals surface area contributed by atoms with Crippen LogP contribution in [-0.2, 0) is 12.8 Å². The van der Waals surface area contributed by atoms with Crippen LogP contribution in [0.25, 0.3) is 0 Å². The van der Waals surface area contributed by atoms with Gasteiger partial charge >= 0.3 is 0 Å². The SMILES string of the molecule is CC(Cc1cccc(O)c1CC(C)Oc1ccccc1)Oc1ccccc1. The minimum atomic E-state index is -0.0511. The minimum absolute atomic E-state index is 0.00158. The molecule has 0 fully saturated rings. The van der Waals surface area contributed by atoms with Crippen LogP contribution in [-0.4, -0.2) is 17.3 Å². The van der Waals surface area contributed by atoms with Crippen LogP contribution in [0.1, 0.15) is 25.0 Å². The number of benzene rings is 3. The molecule has 2 atom stereocenters. The summed E-state index contributed by atoms with van der Waals surface area (Å²) < 4.78 is 12.0. The van der Waals surface area contributed by atoms with Crippen molar-refractivity contribution in [1.29, 1.82) is 0 Å². The van der Waals surface area contributed by atoms with Crippen LogP contribution < -0.4 is 9.47 Å². The Balaban J connectivity index is 1.68. The molecule has 0 aliphatic carbocycles. The van der Waals surface area contributed by atoms with E-state index in [-0.39, 0.29) is 12.2 Å². The van der Waals surface area contributed by atoms with E-state index in [2.05, 4.69) is 6.07 Å². The first-order valence-corrected chi connectivity index (χ1v) is 9.35. The Morgan fingerprint density at radius 2 is 1.19 bits per heavy atom. The number of hydrogen-bond donors (Lipinski definition) is 1. The normalized spacial score (nSPS) is 13.0. The lowest BCUT2D eigenvalue weighted by Gasteiger charge is -2.20. The third-order valence-electron chi connectivity index (χ3n) is 4.41. The highest BCUT2D eigenvalue weighted by Gasteiger charge is 2.16. The van der Waals surface area contributed by atoms with Crippen LogP contribution in [0.3, 0.4) is 0 Å². The quantitative estimate of drug-likeness (QED) is 0.582. The maximum Gasteiger partial charge on any atom is 0.119 e. The maximum atomic E-state index is 10.4. The van der Waals surface area contributed by atoms with Gasteiger partial charge < -0.3 is 14.6 Å². The summed E-state index contributed by atoms with van der Waals surface area (Å²) in [4.78, 5) is 0. The number of aromatic hydroxyl groups is 1. The summed E-state index contributed by atoms with van der Waals surface area (Å²) >= 11 is 0. The average molecular weight is 362 g/mol. The molecule has 1 N–H and O–H groups in total. The highest BCUT2D eigenvalue weighted by atomic mass is 16.5. The molecule has 0 saturated heterocycles. The predicted molar refractivity (Wildman–Crippen MR) is 109 cm³/mol. The lowest BCUT2D eigenvalue weighted by molar-refractivity contribution is 0.214. The van der Waals surface area contributed by atoms with E-state index in [1.807, 2.05) is 80.6 Å². The number of phenols is 1. The first-order valence-electron chi connectivity index (χ1n) is 9.35. The second-order valence-electron chi connectivity index (χ2n) is 6.81. The van der Waals surface area contributed by atoms with Gasteiger partial charge in [-0.25, -0.2) is 0 Å². The van der Waals surface area contributed by atoms with E-state index in [1.54, 1.807) is 6.07 Å². The number of para-hydroxylation sites is 2. The van der Waals surface area contributed by atoms with Gasteiger partial charge in [0.05, 0.1) is 6.10 Å². The largest absolute Gasteiger partial charge is 0.508 e. The Kier molecular flexibility index (Phi) is 6.37. The fraction of sp³-hybridized carbons (Fsp3) is 0.250. The van der Waals surface area contributed by atoms with E-state index in [1.165, 1.54) is 0 Å². The fourth-order valence-electron chi connectivity index (χ4n) is 3.19. The van der Waals surface area contributed by atoms with Crippen molar-refractivity contribution in [2.75, 3.05) is 0 Å². The Morgan fingerprint density at radius 3 is 1.74 bits per heavy atom. The molecule has 0 bridgehead atoms. The van der Waals surface area contributed by atoms with E-state index in [4.69, 9.17) is 9.47 Å². The van der Waals surface area contributed by atoms with E-state index in [0.29, 0.717) is 12.2 Å². The molecule has 0 aromatic heterocycles. The van der Waals surface area contributed by atoms with Crippen LogP contribution in [0.15, 0.2) is 78.9 Å². The zero-order chi connectivity index (χ0) is 19.1. The van der Waals surface area contributed by atoms with Gasteiger partial charge in [0.15, 0.2) is 0 Å². The first kappa shape index (κ1) is 18.8. The van der Waals surface area contributed by atoms with Crippen LogP contribution in [0.2, 0.25) is 0 Å². The van der Waals surface area contributed by atoms with Crippen molar-refractivity contribution >= 4 is 0 Å². The summed E-state index contributed by atoms with van der Waals surface area (Å²) in [6, 6.07) is 25.2. The second-order valence-corrected chi connectivity index (χ2v) is 6.81. The number of hydrogen-bond acceptors (Lipinski definition) is 3. The molecule has 0 heterocycles. The summed E-state index contributed by atoms with van der Waals surface area (Å²) in [7, 11) is 0. The van der Waals surface area contributed by atoms with Gasteiger partial charge in [0.1, 0.15) is 23.4 Å². The van der Waals surface area contributed by atoms with Gasteiger partial charge in [-0.3, -0.25) is 0 Å². The average Bonchev–Trinajstić information content (AvgIpc) is 2.66. The highest BCUT2D eigenvalue weighted by Crippen LogP contribution is 2.26. The van der Waals surface area contributed by atoms with Gasteiger partial charge in [-0.05, 0) is 49.7 Å². The molecule has 3 aromatic carbocycles. The third-order valence-corrected chi connectivity index (χ3v) is 4.41. The standard InChI is InChI=1S/C24H26O3/c1-18(26-21-11-5-3-6-12-21)16-20-10-9-15-24(25)23(20)17-19(2)27-22-13-7-4-8-14-22/h3-15,18-19,25H,16-17H2,1-2H3. The summed E-state index contributed by atoms with van der Waals surface area (Å²) in [6.45, 7) is 4.07. The number of rotatable bonds is 8. The smallest absolute Gasteiger partial charge is 0.119 e. The van der Waals surface area contributed by atoms with Gasteiger partial charge in [0, 0.05) is 18.4 Å². The molecule has 0 amide bonds. The predicted octanol–water partition coefficient (Wildman–Crippen LogP) is 5.41. The van der Waals surface area contributed by atoms with Crippen molar-refractivity contribution in [3.8, 4) is 17.2 Å². The second kappa shape index (κ2) is 9.13. The molecule has 3 nitrogen and oxygen atoms in total. The van der Waals surface area contributed by atoms with E-state index in [0.717, 1.165) is 29.0 Å². The van der Waals surface area contributed by atoms with Gasteiger partial charge in [-0.1, -0.05) is 48.5 Å². The Morgan fingerprint density at radius 1 is 0.667 bits per heavy atom. The van der Waals surface area contributed by atoms with Crippen LogP contribution in [0, 0.1) is 0 Å². The van der Waals surface area contributed by atoms with Crippen molar-refractivity contribution in [1.82, 2.24) is 0 Å². The van der Waals surface area contributed by atoms with Crippen molar-refractivity contribution in [2.24, 2.45) is 0 Å². The first-order chi connectivity index (χ1) is 13.1. The highest BCUT2D eigenvalue weighted by molar-refractivity contribution is 5.40. The molecule has 0 aliphatic heterocycles. The number of ether oxygens (including phenoxy) is 2. The topological polar surface area (TPSA) is 38.7 Å². The van der Waals surface area contributed by atoms with Crippen LogP contribution in [0.4, 0.5) is 0 Å². The molecule has 27 heavy (non-hydrogen) atoms. The molecule has 140 valence electrons. The van der Waals surface area contributed by atoms with Gasteiger partial charge in [-0.2, -0.15) is 0 Å². The number of phenolic OH excluding ortho intramolecular Hbond substituents is 1. The van der Waals surface area contributed by atoms with E-state index >= 15 is 0 Å². The molecule has 3 rings (SSSR count). The fourth-order valence-corrected chi connectivity index (χ4v) is 3.19. The summed E-state index contributed by atoms with van der Waals surface area (Å²) in [6.07, 6.45) is 1.30. The summed E-state index contributed by atoms with van der Waals surface area (Å²) in [5.74, 6) is 2.00. The zero-order valence-corrected chi connectivity index (χ0v) is 15.8. The minimum Gasteiger partial charge on any atom is -0.508 e. The maximum absolute atomic E-state index is 10.4. The van der Waals surface area contributed by atoms with Gasteiger partial charge in [-0.15, -0.1) is 0 Å². The van der Waals surface area contributed by atoms with Crippen molar-refractivity contribution < 1.29 is 14.6 Å². The lowest BCUT2D eigenvalue weighted by Crippen LogP contribution is -2.19. The van der Waals surface area contributed by atoms with Gasteiger partial charge in [0.2, 0.25) is 0 Å².